The second-order valence-electron chi connectivity index (χ2n) is 4.42. The number of hydrogen-bond donors (Lipinski definition) is 0. The molecule has 3 rings (SSSR count). The van der Waals surface area contributed by atoms with Gasteiger partial charge in [0.25, 0.3) is 0 Å². The second kappa shape index (κ2) is 7.04. The summed E-state index contributed by atoms with van der Waals surface area (Å²) >= 11 is 1.54. The van der Waals surface area contributed by atoms with Crippen LogP contribution in [-0.4, -0.2) is 31.8 Å². The van der Waals surface area contributed by atoms with Crippen LogP contribution < -0.4 is 4.74 Å². The number of aromatic nitrogens is 5. The Labute approximate surface area is 132 Å². The topological polar surface area (TPSA) is 65.7 Å². The smallest absolute Gasteiger partial charge is 0.214 e. The Balaban J connectivity index is 1.68. The molecule has 0 aliphatic rings. The first-order valence-electron chi connectivity index (χ1n) is 6.91. The predicted octanol–water partition coefficient (Wildman–Crippen LogP) is 2.75. The Bertz CT molecular complexity index is 714. The van der Waals surface area contributed by atoms with Gasteiger partial charge in [-0.25, -0.2) is 0 Å². The van der Waals surface area contributed by atoms with E-state index in [1.54, 1.807) is 22.6 Å². The van der Waals surface area contributed by atoms with E-state index in [-0.39, 0.29) is 0 Å². The van der Waals surface area contributed by atoms with E-state index in [0.29, 0.717) is 12.4 Å². The van der Waals surface area contributed by atoms with Gasteiger partial charge in [-0.15, -0.1) is 5.10 Å². The standard InChI is InChI=1S/C15H15N5OS/c1-2-21-14-9-8-12(16-10-14)11-22-15-17-18-19-20(15)13-6-4-3-5-7-13/h3-10H,2,11H2,1H3. The summed E-state index contributed by atoms with van der Waals surface area (Å²) in [5.41, 5.74) is 1.89. The van der Waals surface area contributed by atoms with Crippen LogP contribution in [0, 0.1) is 0 Å². The van der Waals surface area contributed by atoms with Crippen LogP contribution in [0.1, 0.15) is 12.6 Å². The first kappa shape index (κ1) is 14.5. The molecule has 6 nitrogen and oxygen atoms in total. The number of tetrazole rings is 1. The quantitative estimate of drug-likeness (QED) is 0.652. The van der Waals surface area contributed by atoms with Crippen molar-refractivity contribution in [3.8, 4) is 11.4 Å². The van der Waals surface area contributed by atoms with Crippen LogP contribution in [0.25, 0.3) is 5.69 Å². The van der Waals surface area contributed by atoms with Gasteiger partial charge >= 0.3 is 0 Å². The molecule has 0 fully saturated rings. The van der Waals surface area contributed by atoms with Crippen LogP contribution >= 0.6 is 11.8 Å². The lowest BCUT2D eigenvalue weighted by Gasteiger charge is -2.05. The zero-order valence-electron chi connectivity index (χ0n) is 12.1. The summed E-state index contributed by atoms with van der Waals surface area (Å²) in [5, 5.41) is 12.6. The highest BCUT2D eigenvalue weighted by Crippen LogP contribution is 2.22. The number of para-hydroxylation sites is 1. The molecule has 0 radical (unpaired) electrons. The van der Waals surface area contributed by atoms with Crippen molar-refractivity contribution in [1.82, 2.24) is 25.2 Å². The highest BCUT2D eigenvalue weighted by molar-refractivity contribution is 7.98. The molecule has 0 bridgehead atoms. The lowest BCUT2D eigenvalue weighted by atomic mass is 10.3. The largest absolute Gasteiger partial charge is 0.492 e. The SMILES string of the molecule is CCOc1ccc(CSc2nnnn2-c2ccccc2)nc1. The molecular weight excluding hydrogens is 298 g/mol. The average molecular weight is 313 g/mol. The van der Waals surface area contributed by atoms with E-state index in [9.17, 15) is 0 Å². The maximum Gasteiger partial charge on any atom is 0.214 e. The monoisotopic (exact) mass is 313 g/mol. The van der Waals surface area contributed by atoms with E-state index in [0.717, 1.165) is 22.3 Å². The normalized spacial score (nSPS) is 10.6. The summed E-state index contributed by atoms with van der Waals surface area (Å²) in [4.78, 5) is 4.38. The van der Waals surface area contributed by atoms with E-state index in [2.05, 4.69) is 20.5 Å². The first-order chi connectivity index (χ1) is 10.9. The molecule has 0 spiro atoms. The molecule has 1 aromatic carbocycles. The fourth-order valence-corrected chi connectivity index (χ4v) is 2.69. The number of benzene rings is 1. The minimum Gasteiger partial charge on any atom is -0.492 e. The molecule has 7 heteroatoms. The van der Waals surface area contributed by atoms with Crippen molar-refractivity contribution in [3.05, 3.63) is 54.4 Å². The molecular formula is C15H15N5OS. The molecule has 3 aromatic rings. The molecule has 112 valence electrons. The highest BCUT2D eigenvalue weighted by Gasteiger charge is 2.09. The number of thioether (sulfide) groups is 1. The Kier molecular flexibility index (Phi) is 4.65. The third-order valence-electron chi connectivity index (χ3n) is 2.90. The van der Waals surface area contributed by atoms with E-state index in [1.165, 1.54) is 0 Å². The summed E-state index contributed by atoms with van der Waals surface area (Å²) in [5.74, 6) is 1.48. The Morgan fingerprint density at radius 2 is 2.00 bits per heavy atom. The number of rotatable bonds is 6. The van der Waals surface area contributed by atoms with Gasteiger partial charge in [0.05, 0.1) is 24.2 Å². The zero-order chi connectivity index (χ0) is 15.2. The van der Waals surface area contributed by atoms with Gasteiger partial charge in [-0.05, 0) is 41.6 Å². The van der Waals surface area contributed by atoms with Gasteiger partial charge in [0.15, 0.2) is 0 Å². The fourth-order valence-electron chi connectivity index (χ4n) is 1.89. The molecule has 0 aliphatic carbocycles. The van der Waals surface area contributed by atoms with Crippen LogP contribution in [0.3, 0.4) is 0 Å². The van der Waals surface area contributed by atoms with Gasteiger partial charge in [-0.1, -0.05) is 30.0 Å². The van der Waals surface area contributed by atoms with Crippen molar-refractivity contribution < 1.29 is 4.74 Å². The maximum absolute atomic E-state index is 5.38. The Hall–Kier alpha value is -2.41. The molecule has 0 aliphatic heterocycles. The van der Waals surface area contributed by atoms with Gasteiger partial charge in [0.1, 0.15) is 5.75 Å². The Morgan fingerprint density at radius 3 is 2.73 bits per heavy atom. The van der Waals surface area contributed by atoms with Crippen LogP contribution in [0.2, 0.25) is 0 Å². The number of hydrogen-bond acceptors (Lipinski definition) is 6. The van der Waals surface area contributed by atoms with Crippen molar-refractivity contribution in [2.24, 2.45) is 0 Å². The third kappa shape index (κ3) is 3.43. The lowest BCUT2D eigenvalue weighted by Crippen LogP contribution is -1.99. The molecule has 0 N–H and O–H groups in total. The number of ether oxygens (including phenoxy) is 1. The fraction of sp³-hybridized carbons (Fsp3) is 0.200. The second-order valence-corrected chi connectivity index (χ2v) is 5.36. The van der Waals surface area contributed by atoms with Gasteiger partial charge < -0.3 is 4.74 Å². The summed E-state index contributed by atoms with van der Waals surface area (Å²) in [6, 6.07) is 13.7. The molecule has 0 unspecified atom stereocenters. The van der Waals surface area contributed by atoms with Gasteiger partial charge in [0.2, 0.25) is 5.16 Å². The molecule has 2 aromatic heterocycles. The van der Waals surface area contributed by atoms with Gasteiger partial charge in [-0.3, -0.25) is 4.98 Å². The molecule has 0 atom stereocenters. The highest BCUT2D eigenvalue weighted by atomic mass is 32.2. The molecule has 0 saturated heterocycles. The van der Waals surface area contributed by atoms with Gasteiger partial charge in [-0.2, -0.15) is 4.68 Å². The van der Waals surface area contributed by atoms with E-state index in [4.69, 9.17) is 4.74 Å². The summed E-state index contributed by atoms with van der Waals surface area (Å²) < 4.78 is 7.10. The average Bonchev–Trinajstić information content (AvgIpc) is 3.04. The van der Waals surface area contributed by atoms with Crippen LogP contribution in [0.5, 0.6) is 5.75 Å². The van der Waals surface area contributed by atoms with Crippen LogP contribution in [-0.2, 0) is 5.75 Å². The van der Waals surface area contributed by atoms with Crippen LogP contribution in [0.15, 0.2) is 53.8 Å². The number of pyridine rings is 1. The minimum absolute atomic E-state index is 0.641. The van der Waals surface area contributed by atoms with Crippen molar-refractivity contribution in [1.29, 1.82) is 0 Å². The predicted molar refractivity (Wildman–Crippen MR) is 84.1 cm³/mol. The van der Waals surface area contributed by atoms with Crippen molar-refractivity contribution >= 4 is 11.8 Å². The van der Waals surface area contributed by atoms with Crippen LogP contribution in [0.4, 0.5) is 0 Å². The summed E-state index contributed by atoms with van der Waals surface area (Å²) in [7, 11) is 0. The number of nitrogens with zero attached hydrogens (tertiary/aromatic N) is 5. The van der Waals surface area contributed by atoms with Crippen molar-refractivity contribution in [3.63, 3.8) is 0 Å². The lowest BCUT2D eigenvalue weighted by molar-refractivity contribution is 0.338. The van der Waals surface area contributed by atoms with E-state index >= 15 is 0 Å². The Morgan fingerprint density at radius 1 is 1.14 bits per heavy atom. The van der Waals surface area contributed by atoms with E-state index < -0.39 is 0 Å². The molecule has 0 saturated carbocycles. The third-order valence-corrected chi connectivity index (χ3v) is 3.85. The molecule has 22 heavy (non-hydrogen) atoms. The zero-order valence-corrected chi connectivity index (χ0v) is 12.9. The first-order valence-corrected chi connectivity index (χ1v) is 7.89. The van der Waals surface area contributed by atoms with Gasteiger partial charge in [0, 0.05) is 5.75 Å². The molecule has 2 heterocycles. The maximum atomic E-state index is 5.38. The minimum atomic E-state index is 0.641. The van der Waals surface area contributed by atoms with Crippen molar-refractivity contribution in [2.75, 3.05) is 6.61 Å². The van der Waals surface area contributed by atoms with Crippen molar-refractivity contribution in [2.45, 2.75) is 17.8 Å². The summed E-state index contributed by atoms with van der Waals surface area (Å²) in [6.07, 6.45) is 1.74. The molecule has 0 amide bonds. The van der Waals surface area contributed by atoms with E-state index in [1.807, 2.05) is 49.4 Å². The summed E-state index contributed by atoms with van der Waals surface area (Å²) in [6.45, 7) is 2.59.